The number of alkyl carbamates (subject to hydrolysis) is 1. The summed E-state index contributed by atoms with van der Waals surface area (Å²) < 4.78 is 18.8. The molecule has 0 unspecified atom stereocenters. The van der Waals surface area contributed by atoms with Crippen LogP contribution in [0.5, 0.6) is 0 Å². The van der Waals surface area contributed by atoms with Crippen molar-refractivity contribution in [1.82, 2.24) is 35.7 Å². The van der Waals surface area contributed by atoms with Gasteiger partial charge in [-0.15, -0.1) is 10.2 Å². The van der Waals surface area contributed by atoms with E-state index in [1.807, 2.05) is 12.2 Å². The van der Waals surface area contributed by atoms with Crippen LogP contribution in [0.3, 0.4) is 0 Å². The molecule has 14 heteroatoms. The lowest BCUT2D eigenvalue weighted by molar-refractivity contribution is -0.145. The molecular formula is C30H38FN7O6. The molecule has 1 saturated carbocycles. The van der Waals surface area contributed by atoms with Gasteiger partial charge in [0, 0.05) is 24.4 Å². The molecule has 3 aliphatic rings. The number of allylic oxidation sites excluding steroid dienone is 1. The minimum Gasteiger partial charge on any atom is -0.479 e. The fourth-order valence-electron chi connectivity index (χ4n) is 5.79. The van der Waals surface area contributed by atoms with Crippen molar-refractivity contribution < 1.29 is 33.4 Å². The van der Waals surface area contributed by atoms with Crippen molar-refractivity contribution in [3.05, 3.63) is 42.2 Å². The normalized spacial score (nSPS) is 28.5. The van der Waals surface area contributed by atoms with Crippen LogP contribution in [-0.2, 0) is 19.1 Å². The molecular weight excluding hydrogens is 573 g/mol. The van der Waals surface area contributed by atoms with Gasteiger partial charge in [0.15, 0.2) is 0 Å². The Morgan fingerprint density at radius 3 is 2.61 bits per heavy atom. The lowest BCUT2D eigenvalue weighted by Crippen LogP contribution is -2.56. The average molecular weight is 612 g/mol. The molecule has 1 aliphatic carbocycles. The van der Waals surface area contributed by atoms with E-state index in [0.29, 0.717) is 18.4 Å². The first kappa shape index (κ1) is 31.1. The highest BCUT2D eigenvalue weighted by Crippen LogP contribution is 2.45. The molecule has 0 radical (unpaired) electrons. The largest absolute Gasteiger partial charge is 0.479 e. The van der Waals surface area contributed by atoms with Gasteiger partial charge in [0.1, 0.15) is 29.0 Å². The topological polar surface area (TPSA) is 169 Å². The van der Waals surface area contributed by atoms with Crippen molar-refractivity contribution in [3.63, 3.8) is 0 Å². The first-order valence-corrected chi connectivity index (χ1v) is 14.9. The van der Waals surface area contributed by atoms with Crippen LogP contribution >= 0.6 is 0 Å². The molecule has 2 aliphatic heterocycles. The summed E-state index contributed by atoms with van der Waals surface area (Å²) in [7, 11) is 0. The van der Waals surface area contributed by atoms with Gasteiger partial charge in [-0.25, -0.2) is 14.0 Å². The standard InChI is InChI=1S/C30H38FN7O6/c1-29(2,3)44-28(43)32-22-10-8-6-4-5-7-9-19-16-30(19,27(41)42)33-25(39)23-15-21(17-37(23)26(22)40)38-35-24(34-36-38)18-11-13-20(31)14-12-18/h7,9,11-14,19,21-23H,4-6,8,10,15-17H2,1-3H3,(H,32,43)(H,33,39)(H,41,42)/b9-7-/t19-,21+,22+,23+,30+/m1/s1. The van der Waals surface area contributed by atoms with E-state index in [2.05, 4.69) is 26.0 Å². The van der Waals surface area contributed by atoms with Crippen LogP contribution < -0.4 is 10.6 Å². The number of nitrogens with zero attached hydrogens (tertiary/aromatic N) is 5. The van der Waals surface area contributed by atoms with Gasteiger partial charge in [0.25, 0.3) is 0 Å². The van der Waals surface area contributed by atoms with Gasteiger partial charge in [-0.1, -0.05) is 25.0 Å². The van der Waals surface area contributed by atoms with Crippen molar-refractivity contribution >= 4 is 23.9 Å². The molecule has 0 bridgehead atoms. The molecule has 236 valence electrons. The molecule has 3 amide bonds. The zero-order chi connectivity index (χ0) is 31.6. The van der Waals surface area contributed by atoms with Crippen molar-refractivity contribution in [2.75, 3.05) is 6.54 Å². The van der Waals surface area contributed by atoms with Crippen LogP contribution in [0, 0.1) is 11.7 Å². The van der Waals surface area contributed by atoms with Crippen molar-refractivity contribution in [1.29, 1.82) is 0 Å². The van der Waals surface area contributed by atoms with Gasteiger partial charge in [-0.05, 0) is 75.9 Å². The summed E-state index contributed by atoms with van der Waals surface area (Å²) in [5.74, 6) is -2.75. The Morgan fingerprint density at radius 2 is 1.91 bits per heavy atom. The van der Waals surface area contributed by atoms with Crippen LogP contribution in [0.1, 0.15) is 71.8 Å². The smallest absolute Gasteiger partial charge is 0.408 e. The number of rotatable bonds is 4. The highest BCUT2D eigenvalue weighted by Gasteiger charge is 2.61. The zero-order valence-electron chi connectivity index (χ0n) is 25.0. The predicted octanol–water partition coefficient (Wildman–Crippen LogP) is 2.99. The maximum atomic E-state index is 14.1. The number of amides is 3. The maximum absolute atomic E-state index is 14.1. The van der Waals surface area contributed by atoms with Gasteiger partial charge in [-0.2, -0.15) is 4.80 Å². The van der Waals surface area contributed by atoms with Crippen LogP contribution in [0.2, 0.25) is 0 Å². The number of tetrazole rings is 1. The molecule has 5 atom stereocenters. The number of carbonyl (C=O) groups is 4. The van der Waals surface area contributed by atoms with Crippen LogP contribution in [0.25, 0.3) is 11.4 Å². The number of carboxylic acids is 1. The van der Waals surface area contributed by atoms with E-state index >= 15 is 0 Å². The maximum Gasteiger partial charge on any atom is 0.408 e. The number of aromatic nitrogens is 4. The molecule has 5 rings (SSSR count). The number of carboxylic acid groups (broad SMARTS) is 1. The Bertz CT molecular complexity index is 1440. The molecule has 3 N–H and O–H groups in total. The third-order valence-electron chi connectivity index (χ3n) is 8.19. The van der Waals surface area contributed by atoms with E-state index < -0.39 is 59.0 Å². The lowest BCUT2D eigenvalue weighted by atomic mass is 10.0. The van der Waals surface area contributed by atoms with Gasteiger partial charge >= 0.3 is 12.1 Å². The number of fused-ring (bicyclic) bond motifs is 2. The van der Waals surface area contributed by atoms with Crippen LogP contribution in [0.4, 0.5) is 9.18 Å². The molecule has 1 aromatic heterocycles. The molecule has 0 spiro atoms. The molecule has 2 fully saturated rings. The van der Waals surface area contributed by atoms with Crippen molar-refractivity contribution in [2.45, 2.75) is 95.0 Å². The Labute approximate surface area is 254 Å². The Kier molecular flexibility index (Phi) is 8.71. The average Bonchev–Trinajstić information content (AvgIpc) is 3.26. The van der Waals surface area contributed by atoms with E-state index in [1.54, 1.807) is 20.8 Å². The number of aliphatic carboxylic acids is 1. The van der Waals surface area contributed by atoms with Gasteiger partial charge < -0.3 is 25.4 Å². The molecule has 3 heterocycles. The second kappa shape index (κ2) is 12.3. The van der Waals surface area contributed by atoms with E-state index in [4.69, 9.17) is 4.74 Å². The van der Waals surface area contributed by atoms with E-state index in [0.717, 1.165) is 19.3 Å². The van der Waals surface area contributed by atoms with E-state index in [-0.39, 0.29) is 31.1 Å². The monoisotopic (exact) mass is 611 g/mol. The summed E-state index contributed by atoms with van der Waals surface area (Å²) in [5, 5.41) is 28.1. The summed E-state index contributed by atoms with van der Waals surface area (Å²) in [6.45, 7) is 5.18. The molecule has 13 nitrogen and oxygen atoms in total. The fraction of sp³-hybridized carbons (Fsp3) is 0.567. The van der Waals surface area contributed by atoms with Crippen LogP contribution in [0.15, 0.2) is 36.4 Å². The quantitative estimate of drug-likeness (QED) is 0.440. The van der Waals surface area contributed by atoms with E-state index in [1.165, 1.54) is 34.0 Å². The molecule has 1 aromatic carbocycles. The van der Waals surface area contributed by atoms with Gasteiger partial charge in [0.2, 0.25) is 17.6 Å². The van der Waals surface area contributed by atoms with Crippen molar-refractivity contribution in [3.8, 4) is 11.4 Å². The SMILES string of the molecule is CC(C)(C)OC(=O)N[C@H]1CCCCC/C=C\[C@@H]2C[C@]2(C(=O)O)NC(=O)[C@@H]2C[C@H](n3nnc(-c4ccc(F)cc4)n3)CN2C1=O. The number of hydrogen-bond acceptors (Lipinski definition) is 8. The number of carbonyl (C=O) groups excluding carboxylic acids is 3. The minimum atomic E-state index is -1.45. The third kappa shape index (κ3) is 6.89. The first-order chi connectivity index (χ1) is 20.9. The second-order valence-corrected chi connectivity index (χ2v) is 12.7. The second-order valence-electron chi connectivity index (χ2n) is 12.7. The number of nitrogens with one attached hydrogen (secondary N) is 2. The number of benzene rings is 1. The highest BCUT2D eigenvalue weighted by atomic mass is 19.1. The molecule has 2 aromatic rings. The first-order valence-electron chi connectivity index (χ1n) is 14.9. The Morgan fingerprint density at radius 1 is 1.16 bits per heavy atom. The lowest BCUT2D eigenvalue weighted by Gasteiger charge is -2.30. The predicted molar refractivity (Wildman–Crippen MR) is 154 cm³/mol. The minimum absolute atomic E-state index is 0.0199. The number of ether oxygens (including phenoxy) is 1. The van der Waals surface area contributed by atoms with Crippen molar-refractivity contribution in [2.24, 2.45) is 5.92 Å². The summed E-state index contributed by atoms with van der Waals surface area (Å²) in [4.78, 5) is 55.6. The number of halogens is 1. The van der Waals surface area contributed by atoms with E-state index in [9.17, 15) is 28.7 Å². The summed E-state index contributed by atoms with van der Waals surface area (Å²) in [6, 6.07) is 3.00. The highest BCUT2D eigenvalue weighted by molar-refractivity contribution is 5.96. The summed E-state index contributed by atoms with van der Waals surface area (Å²) >= 11 is 0. The Hall–Kier alpha value is -4.36. The zero-order valence-corrected chi connectivity index (χ0v) is 25.0. The fourth-order valence-corrected chi connectivity index (χ4v) is 5.79. The Balaban J connectivity index is 1.44. The summed E-state index contributed by atoms with van der Waals surface area (Å²) in [5.41, 5.74) is -1.69. The van der Waals surface area contributed by atoms with Gasteiger partial charge in [-0.3, -0.25) is 9.59 Å². The molecule has 1 saturated heterocycles. The summed E-state index contributed by atoms with van der Waals surface area (Å²) in [6.07, 6.45) is 6.70. The van der Waals surface area contributed by atoms with Crippen LogP contribution in [-0.4, -0.2) is 83.9 Å². The third-order valence-corrected chi connectivity index (χ3v) is 8.19. The van der Waals surface area contributed by atoms with Gasteiger partial charge in [0.05, 0.1) is 6.04 Å². The number of hydrogen-bond donors (Lipinski definition) is 3. The molecule has 44 heavy (non-hydrogen) atoms.